The van der Waals surface area contributed by atoms with Crippen molar-refractivity contribution in [1.29, 1.82) is 0 Å². The van der Waals surface area contributed by atoms with Gasteiger partial charge < -0.3 is 10.3 Å². The summed E-state index contributed by atoms with van der Waals surface area (Å²) in [7, 11) is 1.80. The number of carbonyl (C=O) groups excluding carboxylic acids is 1. The lowest BCUT2D eigenvalue weighted by Gasteiger charge is -2.07. The molecule has 1 amide bonds. The predicted molar refractivity (Wildman–Crippen MR) is 116 cm³/mol. The van der Waals surface area contributed by atoms with Gasteiger partial charge >= 0.3 is 0 Å². The molecule has 0 unspecified atom stereocenters. The molecule has 2 N–H and O–H groups in total. The minimum atomic E-state index is -0.391. The third-order valence-corrected chi connectivity index (χ3v) is 5.78. The molecule has 1 aliphatic carbocycles. The van der Waals surface area contributed by atoms with Crippen LogP contribution in [0.15, 0.2) is 42.9 Å². The van der Waals surface area contributed by atoms with Crippen LogP contribution in [0.4, 0.5) is 10.2 Å². The summed E-state index contributed by atoms with van der Waals surface area (Å²) in [6, 6.07) is 6.48. The molecule has 1 aromatic carbocycles. The number of amides is 1. The van der Waals surface area contributed by atoms with E-state index >= 15 is 0 Å². The first-order chi connectivity index (χ1) is 15.0. The Bertz CT molecular complexity index is 1250. The molecule has 0 spiro atoms. The second kappa shape index (κ2) is 7.94. The molecule has 0 bridgehead atoms. The molecule has 1 saturated carbocycles. The van der Waals surface area contributed by atoms with Crippen molar-refractivity contribution in [2.45, 2.75) is 38.0 Å². The van der Waals surface area contributed by atoms with E-state index in [0.29, 0.717) is 28.4 Å². The molecular weight excluding hydrogens is 395 g/mol. The van der Waals surface area contributed by atoms with Crippen molar-refractivity contribution in [2.75, 3.05) is 5.32 Å². The molecule has 0 atom stereocenters. The number of pyridine rings is 1. The quantitative estimate of drug-likeness (QED) is 0.505. The number of nitrogens with zero attached hydrogens (tertiary/aromatic N) is 4. The van der Waals surface area contributed by atoms with Gasteiger partial charge in [0.25, 0.3) is 0 Å². The zero-order valence-electron chi connectivity index (χ0n) is 17.2. The van der Waals surface area contributed by atoms with Gasteiger partial charge in [-0.15, -0.1) is 0 Å². The summed E-state index contributed by atoms with van der Waals surface area (Å²) in [5.74, 6) is 1.16. The van der Waals surface area contributed by atoms with Crippen molar-refractivity contribution in [3.63, 3.8) is 0 Å². The van der Waals surface area contributed by atoms with Gasteiger partial charge in [-0.25, -0.2) is 14.4 Å². The highest BCUT2D eigenvalue weighted by molar-refractivity contribution is 5.98. The average molecular weight is 418 g/mol. The molecule has 1 aliphatic rings. The number of fused-ring (bicyclic) bond motifs is 1. The molecule has 0 radical (unpaired) electrons. The normalized spacial score (nSPS) is 14.4. The van der Waals surface area contributed by atoms with E-state index in [-0.39, 0.29) is 12.3 Å². The number of aromatic amines is 1. The number of benzene rings is 1. The summed E-state index contributed by atoms with van der Waals surface area (Å²) >= 11 is 0. The van der Waals surface area contributed by atoms with Crippen LogP contribution in [-0.2, 0) is 18.3 Å². The first kappa shape index (κ1) is 19.4. The largest absolute Gasteiger partial charge is 0.342 e. The summed E-state index contributed by atoms with van der Waals surface area (Å²) in [6.07, 6.45) is 9.86. The Morgan fingerprint density at radius 2 is 2.10 bits per heavy atom. The standard InChI is InChI=1S/C23H23FN6O/c1-30-13-17(12-26-30)16-8-14(9-18(24)11-16)10-20(31)28-23-21-19(6-7-25-23)27-22(29-21)15-4-2-3-5-15/h6-9,11-13,15H,2-5,10H2,1H3,(H,27,29)(H,25,28,31). The van der Waals surface area contributed by atoms with Crippen molar-refractivity contribution in [1.82, 2.24) is 24.7 Å². The van der Waals surface area contributed by atoms with Gasteiger partial charge in [-0.05, 0) is 42.2 Å². The van der Waals surface area contributed by atoms with Gasteiger partial charge in [-0.2, -0.15) is 5.10 Å². The van der Waals surface area contributed by atoms with Gasteiger partial charge in [-0.1, -0.05) is 18.9 Å². The zero-order valence-corrected chi connectivity index (χ0v) is 17.2. The molecular formula is C23H23FN6O. The zero-order chi connectivity index (χ0) is 21.4. The van der Waals surface area contributed by atoms with E-state index in [4.69, 9.17) is 4.98 Å². The molecule has 7 nitrogen and oxygen atoms in total. The van der Waals surface area contributed by atoms with Gasteiger partial charge in [0.05, 0.1) is 18.1 Å². The number of hydrogen-bond donors (Lipinski definition) is 2. The highest BCUT2D eigenvalue weighted by atomic mass is 19.1. The lowest BCUT2D eigenvalue weighted by Crippen LogP contribution is -2.15. The minimum absolute atomic E-state index is 0.0307. The third-order valence-electron chi connectivity index (χ3n) is 5.78. The number of halogens is 1. The number of aromatic nitrogens is 5. The van der Waals surface area contributed by atoms with Crippen molar-refractivity contribution < 1.29 is 9.18 Å². The number of rotatable bonds is 5. The summed E-state index contributed by atoms with van der Waals surface area (Å²) in [6.45, 7) is 0. The van der Waals surface area contributed by atoms with Crippen LogP contribution in [-0.4, -0.2) is 30.6 Å². The van der Waals surface area contributed by atoms with Crippen LogP contribution in [0.2, 0.25) is 0 Å². The van der Waals surface area contributed by atoms with E-state index < -0.39 is 5.82 Å². The Labute approximate surface area is 178 Å². The lowest BCUT2D eigenvalue weighted by atomic mass is 10.0. The fourth-order valence-corrected chi connectivity index (χ4v) is 4.29. The van der Waals surface area contributed by atoms with Crippen molar-refractivity contribution in [3.8, 4) is 11.1 Å². The Kier molecular flexibility index (Phi) is 4.97. The monoisotopic (exact) mass is 418 g/mol. The molecule has 3 heterocycles. The second-order valence-corrected chi connectivity index (χ2v) is 8.13. The molecule has 5 rings (SSSR count). The number of aryl methyl sites for hydroxylation is 1. The fourth-order valence-electron chi connectivity index (χ4n) is 4.29. The van der Waals surface area contributed by atoms with Gasteiger partial charge in [0.1, 0.15) is 17.2 Å². The maximum absolute atomic E-state index is 14.2. The van der Waals surface area contributed by atoms with E-state index in [9.17, 15) is 9.18 Å². The molecule has 158 valence electrons. The van der Waals surface area contributed by atoms with Crippen molar-refractivity contribution in [3.05, 3.63) is 60.1 Å². The summed E-state index contributed by atoms with van der Waals surface area (Å²) in [5, 5.41) is 6.97. The maximum Gasteiger partial charge on any atom is 0.230 e. The minimum Gasteiger partial charge on any atom is -0.342 e. The number of hydrogen-bond acceptors (Lipinski definition) is 4. The number of carbonyl (C=O) groups is 1. The SMILES string of the molecule is Cn1cc(-c2cc(F)cc(CC(=O)Nc3nccc4[nH]c(C5CCCC5)nc34)c2)cn1. The topological polar surface area (TPSA) is 88.5 Å². The Balaban J connectivity index is 1.36. The summed E-state index contributed by atoms with van der Waals surface area (Å²) < 4.78 is 15.8. The van der Waals surface area contributed by atoms with E-state index in [1.54, 1.807) is 30.2 Å². The van der Waals surface area contributed by atoms with Gasteiger partial charge in [-0.3, -0.25) is 9.48 Å². The molecule has 8 heteroatoms. The molecule has 0 saturated heterocycles. The van der Waals surface area contributed by atoms with Crippen LogP contribution in [0.1, 0.15) is 43.0 Å². The Morgan fingerprint density at radius 1 is 1.26 bits per heavy atom. The number of imidazole rings is 1. The van der Waals surface area contributed by atoms with E-state index in [1.165, 1.54) is 25.0 Å². The number of nitrogens with one attached hydrogen (secondary N) is 2. The van der Waals surface area contributed by atoms with E-state index in [1.807, 2.05) is 12.3 Å². The smallest absolute Gasteiger partial charge is 0.230 e. The van der Waals surface area contributed by atoms with Crippen LogP contribution in [0.25, 0.3) is 22.2 Å². The molecule has 0 aliphatic heterocycles. The number of anilines is 1. The molecule has 31 heavy (non-hydrogen) atoms. The average Bonchev–Trinajstić information content (AvgIpc) is 3.48. The second-order valence-electron chi connectivity index (χ2n) is 8.13. The fraction of sp³-hybridized carbons (Fsp3) is 0.304. The third kappa shape index (κ3) is 4.05. The summed E-state index contributed by atoms with van der Waals surface area (Å²) in [5.41, 5.74) is 3.58. The predicted octanol–water partition coefficient (Wildman–Crippen LogP) is 4.34. The molecule has 4 aromatic rings. The first-order valence-electron chi connectivity index (χ1n) is 10.5. The van der Waals surface area contributed by atoms with Crippen LogP contribution in [0.5, 0.6) is 0 Å². The Morgan fingerprint density at radius 3 is 2.87 bits per heavy atom. The maximum atomic E-state index is 14.2. The summed E-state index contributed by atoms with van der Waals surface area (Å²) in [4.78, 5) is 25.1. The highest BCUT2D eigenvalue weighted by Crippen LogP contribution is 2.34. The van der Waals surface area contributed by atoms with Gasteiger partial charge in [0.2, 0.25) is 5.91 Å². The van der Waals surface area contributed by atoms with Crippen LogP contribution >= 0.6 is 0 Å². The molecule has 3 aromatic heterocycles. The lowest BCUT2D eigenvalue weighted by molar-refractivity contribution is -0.115. The van der Waals surface area contributed by atoms with Gasteiger partial charge in [0.15, 0.2) is 5.82 Å². The van der Waals surface area contributed by atoms with Crippen LogP contribution < -0.4 is 5.32 Å². The first-order valence-corrected chi connectivity index (χ1v) is 10.5. The molecule has 1 fully saturated rings. The van der Waals surface area contributed by atoms with Crippen LogP contribution in [0, 0.1) is 5.82 Å². The van der Waals surface area contributed by atoms with Gasteiger partial charge in [0, 0.05) is 30.9 Å². The van der Waals surface area contributed by atoms with Crippen LogP contribution in [0.3, 0.4) is 0 Å². The highest BCUT2D eigenvalue weighted by Gasteiger charge is 2.21. The van der Waals surface area contributed by atoms with E-state index in [0.717, 1.165) is 29.7 Å². The van der Waals surface area contributed by atoms with Crippen molar-refractivity contribution in [2.24, 2.45) is 7.05 Å². The Hall–Kier alpha value is -3.55. The van der Waals surface area contributed by atoms with E-state index in [2.05, 4.69) is 20.4 Å². The number of H-pyrrole nitrogens is 1. The van der Waals surface area contributed by atoms with Crippen molar-refractivity contribution >= 4 is 22.8 Å².